The third-order valence-corrected chi connectivity index (χ3v) is 5.98. The highest BCUT2D eigenvalue weighted by molar-refractivity contribution is 8.25. The zero-order valence-corrected chi connectivity index (χ0v) is 17.0. The molecular formula is C20H22N2O3S2. The van der Waals surface area contributed by atoms with Crippen LogP contribution in [0, 0.1) is 6.92 Å². The monoisotopic (exact) mass is 402 g/mol. The molecule has 1 fully saturated rings. The molecule has 2 aromatic carbocycles. The fourth-order valence-electron chi connectivity index (χ4n) is 3.03. The molecule has 0 radical (unpaired) electrons. The van der Waals surface area contributed by atoms with Gasteiger partial charge in [0.25, 0.3) is 0 Å². The van der Waals surface area contributed by atoms with Crippen LogP contribution in [0.15, 0.2) is 36.4 Å². The summed E-state index contributed by atoms with van der Waals surface area (Å²) < 4.78 is 0.506. The fraction of sp³-hybridized carbons (Fsp3) is 0.300. The number of phenols is 2. The van der Waals surface area contributed by atoms with Gasteiger partial charge in [-0.2, -0.15) is 0 Å². The largest absolute Gasteiger partial charge is 0.508 e. The number of hydrogen-bond acceptors (Lipinski definition) is 6. The molecule has 2 aromatic rings. The highest BCUT2D eigenvalue weighted by Crippen LogP contribution is 2.38. The molecule has 0 saturated carbocycles. The third kappa shape index (κ3) is 4.04. The van der Waals surface area contributed by atoms with Crippen molar-refractivity contribution in [3.8, 4) is 11.5 Å². The van der Waals surface area contributed by atoms with E-state index in [9.17, 15) is 15.0 Å². The summed E-state index contributed by atoms with van der Waals surface area (Å²) in [6.07, 6.45) is 0. The summed E-state index contributed by atoms with van der Waals surface area (Å²) >= 11 is 6.82. The normalized spacial score (nSPS) is 17.0. The molecule has 5 nitrogen and oxygen atoms in total. The lowest BCUT2D eigenvalue weighted by Crippen LogP contribution is -2.34. The van der Waals surface area contributed by atoms with Crippen molar-refractivity contribution in [1.29, 1.82) is 0 Å². The average molecular weight is 403 g/mol. The lowest BCUT2D eigenvalue weighted by Gasteiger charge is -2.21. The van der Waals surface area contributed by atoms with Crippen molar-refractivity contribution in [2.45, 2.75) is 31.9 Å². The van der Waals surface area contributed by atoms with Crippen LogP contribution < -0.4 is 10.2 Å². The van der Waals surface area contributed by atoms with E-state index < -0.39 is 0 Å². The van der Waals surface area contributed by atoms with Crippen molar-refractivity contribution in [2.24, 2.45) is 0 Å². The molecule has 0 bridgehead atoms. The fourth-order valence-corrected chi connectivity index (χ4v) is 4.48. The molecule has 1 heterocycles. The predicted molar refractivity (Wildman–Crippen MR) is 115 cm³/mol. The Bertz CT molecular complexity index is 899. The second kappa shape index (κ2) is 7.78. The summed E-state index contributed by atoms with van der Waals surface area (Å²) in [7, 11) is 0. The summed E-state index contributed by atoms with van der Waals surface area (Å²) in [4.78, 5) is 14.6. The Labute approximate surface area is 168 Å². The Hall–Kier alpha value is -2.25. The lowest BCUT2D eigenvalue weighted by molar-refractivity contribution is -0.116. The van der Waals surface area contributed by atoms with E-state index in [1.54, 1.807) is 29.2 Å². The Morgan fingerprint density at radius 3 is 2.67 bits per heavy atom. The lowest BCUT2D eigenvalue weighted by atomic mass is 9.98. The molecule has 142 valence electrons. The molecule has 3 rings (SSSR count). The molecule has 0 aliphatic carbocycles. The number of rotatable bonds is 5. The summed E-state index contributed by atoms with van der Waals surface area (Å²) in [5, 5.41) is 22.5. The first kappa shape index (κ1) is 19.5. The molecule has 1 amide bonds. The number of aryl methyl sites for hydroxylation is 1. The van der Waals surface area contributed by atoms with Crippen molar-refractivity contribution >= 4 is 45.6 Å². The number of nitrogens with one attached hydrogen (secondary N) is 1. The first-order valence-electron chi connectivity index (χ1n) is 8.69. The number of aromatic hydroxyl groups is 2. The molecule has 1 aliphatic rings. The van der Waals surface area contributed by atoms with Crippen LogP contribution >= 0.6 is 24.0 Å². The van der Waals surface area contributed by atoms with Gasteiger partial charge in [-0.15, -0.1) is 0 Å². The smallest absolute Gasteiger partial charge is 0.247 e. The molecule has 1 aliphatic heterocycles. The van der Waals surface area contributed by atoms with Crippen molar-refractivity contribution in [2.75, 3.05) is 16.8 Å². The van der Waals surface area contributed by atoms with E-state index in [1.807, 2.05) is 32.9 Å². The molecule has 27 heavy (non-hydrogen) atoms. The quantitative estimate of drug-likeness (QED) is 0.645. The molecule has 0 aromatic heterocycles. The van der Waals surface area contributed by atoms with Gasteiger partial charge in [0.05, 0.1) is 5.69 Å². The minimum atomic E-state index is -0.351. The molecule has 1 atom stereocenters. The Kier molecular flexibility index (Phi) is 5.62. The van der Waals surface area contributed by atoms with Crippen LogP contribution in [0.4, 0.5) is 11.4 Å². The zero-order chi connectivity index (χ0) is 19.7. The first-order valence-corrected chi connectivity index (χ1v) is 9.97. The number of amides is 1. The van der Waals surface area contributed by atoms with E-state index >= 15 is 0 Å². The van der Waals surface area contributed by atoms with E-state index in [0.29, 0.717) is 10.9 Å². The summed E-state index contributed by atoms with van der Waals surface area (Å²) in [5.41, 5.74) is 3.06. The highest BCUT2D eigenvalue weighted by Gasteiger charge is 2.38. The van der Waals surface area contributed by atoms with Gasteiger partial charge in [0.1, 0.15) is 21.1 Å². The van der Waals surface area contributed by atoms with Crippen LogP contribution in [-0.2, 0) is 4.79 Å². The Morgan fingerprint density at radius 2 is 2.00 bits per heavy atom. The Balaban J connectivity index is 1.81. The highest BCUT2D eigenvalue weighted by atomic mass is 32.2. The first-order chi connectivity index (χ1) is 12.8. The maximum atomic E-state index is 13.0. The molecule has 0 spiro atoms. The van der Waals surface area contributed by atoms with Crippen LogP contribution in [0.1, 0.15) is 30.9 Å². The number of nitrogens with zero attached hydrogens (tertiary/aromatic N) is 1. The van der Waals surface area contributed by atoms with Gasteiger partial charge in [-0.05, 0) is 48.2 Å². The number of thiocarbonyl (C=S) groups is 1. The van der Waals surface area contributed by atoms with Crippen molar-refractivity contribution in [1.82, 2.24) is 0 Å². The number of carbonyl (C=O) groups is 1. The van der Waals surface area contributed by atoms with Crippen molar-refractivity contribution in [3.63, 3.8) is 0 Å². The van der Waals surface area contributed by atoms with Gasteiger partial charge in [0, 0.05) is 18.3 Å². The number of thioether (sulfide) groups is 1. The maximum Gasteiger partial charge on any atom is 0.247 e. The van der Waals surface area contributed by atoms with Crippen molar-refractivity contribution < 1.29 is 15.0 Å². The van der Waals surface area contributed by atoms with Crippen molar-refractivity contribution in [3.05, 3.63) is 47.5 Å². The van der Waals surface area contributed by atoms with Gasteiger partial charge >= 0.3 is 0 Å². The topological polar surface area (TPSA) is 72.8 Å². The van der Waals surface area contributed by atoms with Crippen LogP contribution in [0.25, 0.3) is 0 Å². The predicted octanol–water partition coefficient (Wildman–Crippen LogP) is 4.38. The molecule has 7 heteroatoms. The minimum Gasteiger partial charge on any atom is -0.508 e. The maximum absolute atomic E-state index is 13.0. The van der Waals surface area contributed by atoms with Crippen LogP contribution in [-0.4, -0.2) is 32.2 Å². The van der Waals surface area contributed by atoms with Gasteiger partial charge in [0.2, 0.25) is 5.91 Å². The SMILES string of the molecule is Cc1cc(O)c(C(C)C)cc1N1C(=O)C(CNc2cccc(O)c2)SC1=S. The standard InChI is InChI=1S/C20H22N2O3S2/c1-11(2)15-9-16(12(3)7-17(15)24)22-19(25)18(27-20(22)26)10-21-13-5-4-6-14(23)8-13/h4-9,11,18,21,23-24H,10H2,1-3H3. The molecular weight excluding hydrogens is 380 g/mol. The molecule has 3 N–H and O–H groups in total. The summed E-state index contributed by atoms with van der Waals surface area (Å²) in [6, 6.07) is 10.3. The van der Waals surface area contributed by atoms with E-state index in [-0.39, 0.29) is 28.6 Å². The minimum absolute atomic E-state index is 0.0823. The van der Waals surface area contributed by atoms with Crippen LogP contribution in [0.3, 0.4) is 0 Å². The van der Waals surface area contributed by atoms with E-state index in [0.717, 1.165) is 22.5 Å². The summed E-state index contributed by atoms with van der Waals surface area (Å²) in [6.45, 7) is 6.25. The van der Waals surface area contributed by atoms with Crippen LogP contribution in [0.5, 0.6) is 11.5 Å². The zero-order valence-electron chi connectivity index (χ0n) is 15.4. The van der Waals surface area contributed by atoms with Gasteiger partial charge in [-0.25, -0.2) is 0 Å². The second-order valence-electron chi connectivity index (χ2n) is 6.83. The summed E-state index contributed by atoms with van der Waals surface area (Å²) in [5.74, 6) is 0.453. The van der Waals surface area contributed by atoms with E-state index in [2.05, 4.69) is 5.32 Å². The van der Waals surface area contributed by atoms with E-state index in [1.165, 1.54) is 11.8 Å². The number of phenolic OH excluding ortho intramolecular Hbond substituents is 2. The van der Waals surface area contributed by atoms with Gasteiger partial charge in [0.15, 0.2) is 0 Å². The van der Waals surface area contributed by atoms with Gasteiger partial charge in [-0.1, -0.05) is 43.9 Å². The van der Waals surface area contributed by atoms with Gasteiger partial charge in [-0.3, -0.25) is 9.69 Å². The average Bonchev–Trinajstić information content (AvgIpc) is 2.87. The van der Waals surface area contributed by atoms with E-state index in [4.69, 9.17) is 12.2 Å². The number of anilines is 2. The molecule has 1 unspecified atom stereocenters. The third-order valence-electron chi connectivity index (χ3n) is 4.47. The second-order valence-corrected chi connectivity index (χ2v) is 8.67. The van der Waals surface area contributed by atoms with Crippen LogP contribution in [0.2, 0.25) is 0 Å². The number of carbonyl (C=O) groups excluding carboxylic acids is 1. The number of benzene rings is 2. The Morgan fingerprint density at radius 1 is 1.26 bits per heavy atom. The number of hydrogen-bond donors (Lipinski definition) is 3. The molecule has 1 saturated heterocycles. The van der Waals surface area contributed by atoms with Gasteiger partial charge < -0.3 is 15.5 Å².